The summed E-state index contributed by atoms with van der Waals surface area (Å²) in [5.41, 5.74) is 0. The number of likely N-dealkylation sites (tertiary alicyclic amines) is 1. The third-order valence-corrected chi connectivity index (χ3v) is 3.78. The highest BCUT2D eigenvalue weighted by Gasteiger charge is 2.28. The topological polar surface area (TPSA) is 40.5 Å². The molecule has 3 nitrogen and oxygen atoms in total. The number of piperidine rings is 1. The number of carboxylic acids is 1. The lowest BCUT2D eigenvalue weighted by atomic mass is 9.93. The third-order valence-electron chi connectivity index (χ3n) is 3.78. The van der Waals surface area contributed by atoms with Crippen LogP contribution in [0.5, 0.6) is 0 Å². The highest BCUT2D eigenvalue weighted by atomic mass is 16.4. The second-order valence-corrected chi connectivity index (χ2v) is 4.88. The number of carboxylic acid groups (broad SMARTS) is 1. The van der Waals surface area contributed by atoms with Gasteiger partial charge in [0, 0.05) is 0 Å². The summed E-state index contributed by atoms with van der Waals surface area (Å²) >= 11 is 0. The van der Waals surface area contributed by atoms with E-state index in [0.717, 1.165) is 38.3 Å². The van der Waals surface area contributed by atoms with E-state index in [9.17, 15) is 9.90 Å². The smallest absolute Gasteiger partial charge is 0.320 e. The van der Waals surface area contributed by atoms with Crippen LogP contribution in [0.2, 0.25) is 0 Å². The van der Waals surface area contributed by atoms with Crippen LogP contribution in [0.4, 0.5) is 0 Å². The molecule has 0 amide bonds. The predicted octanol–water partition coefficient (Wildman–Crippen LogP) is 2.75. The van der Waals surface area contributed by atoms with Crippen LogP contribution in [-0.2, 0) is 4.79 Å². The molecule has 0 aromatic heterocycles. The second kappa shape index (κ2) is 6.89. The first-order valence-corrected chi connectivity index (χ1v) is 6.65. The summed E-state index contributed by atoms with van der Waals surface area (Å²) in [6.45, 7) is 6.28. The lowest BCUT2D eigenvalue weighted by molar-refractivity contribution is -0.144. The predicted molar refractivity (Wildman–Crippen MR) is 65.5 cm³/mol. The van der Waals surface area contributed by atoms with Gasteiger partial charge in [0.05, 0.1) is 0 Å². The van der Waals surface area contributed by atoms with Gasteiger partial charge in [0.15, 0.2) is 0 Å². The van der Waals surface area contributed by atoms with Crippen LogP contribution in [-0.4, -0.2) is 35.1 Å². The average molecular weight is 227 g/mol. The van der Waals surface area contributed by atoms with Crippen molar-refractivity contribution in [3.63, 3.8) is 0 Å². The first-order chi connectivity index (χ1) is 7.69. The summed E-state index contributed by atoms with van der Waals surface area (Å²) in [6, 6.07) is -0.238. The van der Waals surface area contributed by atoms with E-state index in [0.29, 0.717) is 0 Å². The zero-order valence-electron chi connectivity index (χ0n) is 10.6. The van der Waals surface area contributed by atoms with Crippen molar-refractivity contribution in [1.29, 1.82) is 0 Å². The monoisotopic (exact) mass is 227 g/mol. The van der Waals surface area contributed by atoms with E-state index in [-0.39, 0.29) is 6.04 Å². The third kappa shape index (κ3) is 3.78. The van der Waals surface area contributed by atoms with Gasteiger partial charge in [0.1, 0.15) is 6.04 Å². The SMILES string of the molecule is CCCCC(C(=O)O)N1CCC(CC)CC1. The molecular weight excluding hydrogens is 202 g/mol. The molecule has 0 bridgehead atoms. The molecule has 1 saturated heterocycles. The largest absolute Gasteiger partial charge is 0.480 e. The van der Waals surface area contributed by atoms with Crippen molar-refractivity contribution < 1.29 is 9.90 Å². The van der Waals surface area contributed by atoms with E-state index in [1.807, 2.05) is 0 Å². The van der Waals surface area contributed by atoms with Gasteiger partial charge in [0.2, 0.25) is 0 Å². The van der Waals surface area contributed by atoms with Crippen molar-refractivity contribution in [1.82, 2.24) is 4.90 Å². The Kier molecular flexibility index (Phi) is 5.81. The molecule has 0 spiro atoms. The van der Waals surface area contributed by atoms with E-state index in [2.05, 4.69) is 18.7 Å². The van der Waals surface area contributed by atoms with Gasteiger partial charge in [-0.2, -0.15) is 0 Å². The summed E-state index contributed by atoms with van der Waals surface area (Å²) in [4.78, 5) is 13.4. The van der Waals surface area contributed by atoms with Crippen molar-refractivity contribution in [2.45, 2.75) is 58.4 Å². The Hall–Kier alpha value is -0.570. The lowest BCUT2D eigenvalue weighted by Gasteiger charge is -2.35. The molecule has 1 atom stereocenters. The molecule has 94 valence electrons. The molecule has 1 N–H and O–H groups in total. The molecule has 0 aromatic rings. The van der Waals surface area contributed by atoms with Crippen molar-refractivity contribution >= 4 is 5.97 Å². The van der Waals surface area contributed by atoms with E-state index in [1.54, 1.807) is 0 Å². The number of hydrogen-bond donors (Lipinski definition) is 1. The molecule has 16 heavy (non-hydrogen) atoms. The summed E-state index contributed by atoms with van der Waals surface area (Å²) in [5.74, 6) is 0.181. The summed E-state index contributed by atoms with van der Waals surface area (Å²) in [6.07, 6.45) is 6.49. The van der Waals surface area contributed by atoms with Crippen molar-refractivity contribution in [2.75, 3.05) is 13.1 Å². The Balaban J connectivity index is 2.43. The zero-order chi connectivity index (χ0) is 12.0. The molecular formula is C13H25NO2. The Morgan fingerprint density at radius 2 is 2.00 bits per heavy atom. The fraction of sp³-hybridized carbons (Fsp3) is 0.923. The summed E-state index contributed by atoms with van der Waals surface area (Å²) in [5, 5.41) is 9.23. The van der Waals surface area contributed by atoms with E-state index >= 15 is 0 Å². The fourth-order valence-corrected chi connectivity index (χ4v) is 2.53. The molecule has 0 radical (unpaired) electrons. The first-order valence-electron chi connectivity index (χ1n) is 6.65. The number of rotatable bonds is 6. The maximum Gasteiger partial charge on any atom is 0.320 e. The number of carbonyl (C=O) groups is 1. The molecule has 1 aliphatic heterocycles. The molecule has 1 heterocycles. The number of aliphatic carboxylic acids is 1. The maximum atomic E-state index is 11.2. The second-order valence-electron chi connectivity index (χ2n) is 4.88. The molecule has 1 unspecified atom stereocenters. The Labute approximate surface area is 98.8 Å². The summed E-state index contributed by atoms with van der Waals surface area (Å²) in [7, 11) is 0. The van der Waals surface area contributed by atoms with Crippen LogP contribution in [0.25, 0.3) is 0 Å². The lowest BCUT2D eigenvalue weighted by Crippen LogP contribution is -2.45. The normalized spacial score (nSPS) is 20.9. The van der Waals surface area contributed by atoms with Gasteiger partial charge >= 0.3 is 5.97 Å². The standard InChI is InChI=1S/C13H25NO2/c1-3-5-6-12(13(15)16)14-9-7-11(4-2)8-10-14/h11-12H,3-10H2,1-2H3,(H,15,16). The molecule has 0 aliphatic carbocycles. The van der Waals surface area contributed by atoms with Gasteiger partial charge in [-0.15, -0.1) is 0 Å². The molecule has 1 aliphatic rings. The van der Waals surface area contributed by atoms with Gasteiger partial charge in [-0.1, -0.05) is 33.1 Å². The molecule has 0 saturated carbocycles. The highest BCUT2D eigenvalue weighted by Crippen LogP contribution is 2.23. The molecule has 1 fully saturated rings. The average Bonchev–Trinajstić information content (AvgIpc) is 2.30. The van der Waals surface area contributed by atoms with Gasteiger partial charge in [-0.25, -0.2) is 0 Å². The Morgan fingerprint density at radius 3 is 2.44 bits per heavy atom. The molecule has 0 aromatic carbocycles. The van der Waals surface area contributed by atoms with Crippen molar-refractivity contribution in [3.05, 3.63) is 0 Å². The quantitative estimate of drug-likeness (QED) is 0.758. The van der Waals surface area contributed by atoms with E-state index < -0.39 is 5.97 Å². The van der Waals surface area contributed by atoms with E-state index in [4.69, 9.17) is 0 Å². The van der Waals surface area contributed by atoms with Crippen LogP contribution in [0, 0.1) is 5.92 Å². The number of nitrogens with zero attached hydrogens (tertiary/aromatic N) is 1. The first kappa shape index (κ1) is 13.5. The Morgan fingerprint density at radius 1 is 1.38 bits per heavy atom. The highest BCUT2D eigenvalue weighted by molar-refractivity contribution is 5.73. The number of unbranched alkanes of at least 4 members (excludes halogenated alkanes) is 1. The van der Waals surface area contributed by atoms with Crippen LogP contribution in [0.1, 0.15) is 52.4 Å². The molecule has 1 rings (SSSR count). The van der Waals surface area contributed by atoms with Gasteiger partial charge < -0.3 is 5.11 Å². The van der Waals surface area contributed by atoms with Crippen LogP contribution in [0.3, 0.4) is 0 Å². The zero-order valence-corrected chi connectivity index (χ0v) is 10.6. The number of hydrogen-bond acceptors (Lipinski definition) is 2. The summed E-state index contributed by atoms with van der Waals surface area (Å²) < 4.78 is 0. The minimum absolute atomic E-state index is 0.238. The van der Waals surface area contributed by atoms with Gasteiger partial charge in [0.25, 0.3) is 0 Å². The molecule has 3 heteroatoms. The minimum atomic E-state index is -0.636. The maximum absolute atomic E-state index is 11.2. The van der Waals surface area contributed by atoms with Crippen LogP contribution >= 0.6 is 0 Å². The van der Waals surface area contributed by atoms with Crippen molar-refractivity contribution in [3.8, 4) is 0 Å². The van der Waals surface area contributed by atoms with E-state index in [1.165, 1.54) is 19.3 Å². The fourth-order valence-electron chi connectivity index (χ4n) is 2.53. The minimum Gasteiger partial charge on any atom is -0.480 e. The van der Waals surface area contributed by atoms with Crippen LogP contribution < -0.4 is 0 Å². The van der Waals surface area contributed by atoms with Crippen molar-refractivity contribution in [2.24, 2.45) is 5.92 Å². The van der Waals surface area contributed by atoms with Crippen LogP contribution in [0.15, 0.2) is 0 Å². The Bertz CT molecular complexity index is 210. The van der Waals surface area contributed by atoms with Gasteiger partial charge in [-0.05, 0) is 38.3 Å². The van der Waals surface area contributed by atoms with Gasteiger partial charge in [-0.3, -0.25) is 9.69 Å².